The number of esters is 1. The third kappa shape index (κ3) is 5.61. The highest BCUT2D eigenvalue weighted by atomic mass is 35.5. The summed E-state index contributed by atoms with van der Waals surface area (Å²) in [6, 6.07) is 18.1. The summed E-state index contributed by atoms with van der Waals surface area (Å²) in [5.41, 5.74) is 3.77. The molecule has 1 amide bonds. The number of hydrogen-bond acceptors (Lipinski definition) is 6. The normalized spacial score (nSPS) is 10.5. The van der Waals surface area contributed by atoms with Crippen LogP contribution in [0.4, 0.5) is 0 Å². The first-order chi connectivity index (χ1) is 15.0. The lowest BCUT2D eigenvalue weighted by atomic mass is 10.2. The van der Waals surface area contributed by atoms with Crippen molar-refractivity contribution in [3.05, 3.63) is 88.4 Å². The summed E-state index contributed by atoms with van der Waals surface area (Å²) in [5, 5.41) is 4.26. The molecule has 1 N–H and O–H groups in total. The maximum absolute atomic E-state index is 12.4. The molecule has 3 aromatic rings. The second-order valence-electron chi connectivity index (χ2n) is 6.21. The largest absolute Gasteiger partial charge is 0.493 e. The van der Waals surface area contributed by atoms with Crippen LogP contribution >= 0.6 is 11.6 Å². The molecule has 3 rings (SSSR count). The van der Waals surface area contributed by atoms with Gasteiger partial charge in [-0.3, -0.25) is 4.79 Å². The SMILES string of the molecule is COc1ccc(C(=O)Oc2ccc(/C=N\NC(=O)c3ccccc3Cl)cc2)cc1OC. The quantitative estimate of drug-likeness (QED) is 0.256. The first kappa shape index (κ1) is 21.9. The van der Waals surface area contributed by atoms with Crippen molar-refractivity contribution in [2.75, 3.05) is 14.2 Å². The molecular formula is C23H19ClN2O5. The lowest BCUT2D eigenvalue weighted by Gasteiger charge is -2.09. The van der Waals surface area contributed by atoms with Gasteiger partial charge in [-0.2, -0.15) is 5.10 Å². The molecule has 0 unspecified atom stereocenters. The number of nitrogens with zero attached hydrogens (tertiary/aromatic N) is 1. The van der Waals surface area contributed by atoms with Crippen molar-refractivity contribution >= 4 is 29.7 Å². The fraction of sp³-hybridized carbons (Fsp3) is 0.0870. The molecule has 0 saturated heterocycles. The number of ether oxygens (including phenoxy) is 3. The van der Waals surface area contributed by atoms with E-state index < -0.39 is 11.9 Å². The lowest BCUT2D eigenvalue weighted by Crippen LogP contribution is -2.17. The molecule has 8 heteroatoms. The Morgan fingerprint density at radius 3 is 2.32 bits per heavy atom. The number of carbonyl (C=O) groups excluding carboxylic acids is 2. The van der Waals surface area contributed by atoms with E-state index in [9.17, 15) is 9.59 Å². The lowest BCUT2D eigenvalue weighted by molar-refractivity contribution is 0.0734. The minimum atomic E-state index is -0.533. The number of methoxy groups -OCH3 is 2. The number of hydrazone groups is 1. The van der Waals surface area contributed by atoms with Crippen LogP contribution in [0.2, 0.25) is 5.02 Å². The van der Waals surface area contributed by atoms with Gasteiger partial charge in [0.1, 0.15) is 5.75 Å². The molecule has 158 valence electrons. The molecule has 0 atom stereocenters. The van der Waals surface area contributed by atoms with Crippen LogP contribution < -0.4 is 19.6 Å². The Hall–Kier alpha value is -3.84. The maximum Gasteiger partial charge on any atom is 0.343 e. The zero-order valence-corrected chi connectivity index (χ0v) is 17.6. The van der Waals surface area contributed by atoms with Crippen LogP contribution in [0.15, 0.2) is 71.8 Å². The zero-order chi connectivity index (χ0) is 22.2. The Bertz CT molecular complexity index is 1110. The summed E-state index contributed by atoms with van der Waals surface area (Å²) in [6.45, 7) is 0. The highest BCUT2D eigenvalue weighted by molar-refractivity contribution is 6.33. The Balaban J connectivity index is 1.60. The Morgan fingerprint density at radius 2 is 1.65 bits per heavy atom. The maximum atomic E-state index is 12.4. The minimum absolute atomic E-state index is 0.325. The van der Waals surface area contributed by atoms with E-state index in [1.807, 2.05) is 0 Å². The van der Waals surface area contributed by atoms with E-state index in [1.165, 1.54) is 20.4 Å². The fourth-order valence-electron chi connectivity index (χ4n) is 2.62. The molecule has 31 heavy (non-hydrogen) atoms. The minimum Gasteiger partial charge on any atom is -0.493 e. The molecule has 0 saturated carbocycles. The summed E-state index contributed by atoms with van der Waals surface area (Å²) < 4.78 is 15.7. The second kappa shape index (κ2) is 10.3. The number of rotatable bonds is 7. The third-order valence-corrected chi connectivity index (χ3v) is 4.54. The Labute approximate surface area is 184 Å². The van der Waals surface area contributed by atoms with E-state index in [2.05, 4.69) is 10.5 Å². The average molecular weight is 439 g/mol. The van der Waals surface area contributed by atoms with Gasteiger partial charge in [-0.25, -0.2) is 10.2 Å². The van der Waals surface area contributed by atoms with E-state index >= 15 is 0 Å². The number of hydrogen-bond donors (Lipinski definition) is 1. The van der Waals surface area contributed by atoms with Gasteiger partial charge in [-0.05, 0) is 60.2 Å². The van der Waals surface area contributed by atoms with Gasteiger partial charge in [0.25, 0.3) is 5.91 Å². The number of nitrogens with one attached hydrogen (secondary N) is 1. The van der Waals surface area contributed by atoms with Gasteiger partial charge >= 0.3 is 5.97 Å². The van der Waals surface area contributed by atoms with Gasteiger partial charge in [-0.1, -0.05) is 23.7 Å². The predicted molar refractivity (Wildman–Crippen MR) is 117 cm³/mol. The van der Waals surface area contributed by atoms with E-state index in [0.29, 0.717) is 39.0 Å². The average Bonchev–Trinajstić information content (AvgIpc) is 2.79. The van der Waals surface area contributed by atoms with E-state index in [1.54, 1.807) is 66.7 Å². The van der Waals surface area contributed by atoms with E-state index in [-0.39, 0.29) is 0 Å². The Morgan fingerprint density at radius 1 is 0.935 bits per heavy atom. The fourth-order valence-corrected chi connectivity index (χ4v) is 2.84. The van der Waals surface area contributed by atoms with E-state index in [0.717, 1.165) is 0 Å². The van der Waals surface area contributed by atoms with Gasteiger partial charge < -0.3 is 14.2 Å². The molecule has 0 aliphatic heterocycles. The van der Waals surface area contributed by atoms with Crippen molar-refractivity contribution in [2.45, 2.75) is 0 Å². The number of amides is 1. The molecule has 0 aliphatic rings. The van der Waals surface area contributed by atoms with Crippen molar-refractivity contribution in [1.82, 2.24) is 5.43 Å². The monoisotopic (exact) mass is 438 g/mol. The molecule has 0 spiro atoms. The topological polar surface area (TPSA) is 86.2 Å². The third-order valence-electron chi connectivity index (χ3n) is 4.21. The summed E-state index contributed by atoms with van der Waals surface area (Å²) in [4.78, 5) is 24.4. The van der Waals surface area contributed by atoms with Crippen LogP contribution in [0.5, 0.6) is 17.2 Å². The molecular weight excluding hydrogens is 420 g/mol. The molecule has 0 heterocycles. The highest BCUT2D eigenvalue weighted by Crippen LogP contribution is 2.28. The standard InChI is InChI=1S/C23H19ClN2O5/c1-29-20-12-9-16(13-21(20)30-2)23(28)31-17-10-7-15(8-11-17)14-25-26-22(27)18-5-3-4-6-19(18)24/h3-14H,1-2H3,(H,26,27)/b25-14-. The van der Waals surface area contributed by atoms with Crippen LogP contribution in [-0.2, 0) is 0 Å². The van der Waals surface area contributed by atoms with Gasteiger partial charge in [0.05, 0.1) is 36.6 Å². The molecule has 0 bridgehead atoms. The van der Waals surface area contributed by atoms with E-state index in [4.69, 9.17) is 25.8 Å². The summed E-state index contributed by atoms with van der Waals surface area (Å²) in [7, 11) is 3.01. The van der Waals surface area contributed by atoms with Crippen LogP contribution in [0, 0.1) is 0 Å². The van der Waals surface area contributed by atoms with Gasteiger partial charge in [0.2, 0.25) is 0 Å². The van der Waals surface area contributed by atoms with Crippen molar-refractivity contribution in [3.8, 4) is 17.2 Å². The van der Waals surface area contributed by atoms with Gasteiger partial charge in [-0.15, -0.1) is 0 Å². The summed E-state index contributed by atoms with van der Waals surface area (Å²) in [5.74, 6) is 0.361. The summed E-state index contributed by atoms with van der Waals surface area (Å²) in [6.07, 6.45) is 1.47. The van der Waals surface area contributed by atoms with Crippen molar-refractivity contribution in [3.63, 3.8) is 0 Å². The number of halogens is 1. The molecule has 3 aromatic carbocycles. The highest BCUT2D eigenvalue weighted by Gasteiger charge is 2.13. The molecule has 0 aliphatic carbocycles. The van der Waals surface area contributed by atoms with Crippen LogP contribution in [0.1, 0.15) is 26.3 Å². The predicted octanol–water partition coefficient (Wildman–Crippen LogP) is 4.34. The molecule has 7 nitrogen and oxygen atoms in total. The van der Waals surface area contributed by atoms with Crippen molar-refractivity contribution < 1.29 is 23.8 Å². The van der Waals surface area contributed by atoms with Crippen molar-refractivity contribution in [1.29, 1.82) is 0 Å². The van der Waals surface area contributed by atoms with Crippen LogP contribution in [0.25, 0.3) is 0 Å². The van der Waals surface area contributed by atoms with Crippen molar-refractivity contribution in [2.24, 2.45) is 5.10 Å². The molecule has 0 aromatic heterocycles. The zero-order valence-electron chi connectivity index (χ0n) is 16.8. The Kier molecular flexibility index (Phi) is 7.24. The van der Waals surface area contributed by atoms with Crippen LogP contribution in [-0.4, -0.2) is 32.3 Å². The smallest absolute Gasteiger partial charge is 0.343 e. The second-order valence-corrected chi connectivity index (χ2v) is 6.61. The number of carbonyl (C=O) groups is 2. The van der Waals surface area contributed by atoms with Crippen LogP contribution in [0.3, 0.4) is 0 Å². The molecule has 0 radical (unpaired) electrons. The molecule has 0 fully saturated rings. The van der Waals surface area contributed by atoms with Gasteiger partial charge in [0.15, 0.2) is 11.5 Å². The number of benzene rings is 3. The first-order valence-corrected chi connectivity index (χ1v) is 9.52. The first-order valence-electron chi connectivity index (χ1n) is 9.14. The van der Waals surface area contributed by atoms with Gasteiger partial charge in [0, 0.05) is 0 Å². The summed E-state index contributed by atoms with van der Waals surface area (Å²) >= 11 is 5.98.